The Morgan fingerprint density at radius 1 is 1.16 bits per heavy atom. The van der Waals surface area contributed by atoms with E-state index in [0.717, 1.165) is 11.1 Å². The molecule has 0 aliphatic carbocycles. The third-order valence-electron chi connectivity index (χ3n) is 2.54. The molecule has 6 nitrogen and oxygen atoms in total. The van der Waals surface area contributed by atoms with Gasteiger partial charge >= 0.3 is 0 Å². The number of nitrogens with zero attached hydrogens (tertiary/aromatic N) is 3. The zero-order valence-corrected chi connectivity index (χ0v) is 10.5. The molecule has 19 heavy (non-hydrogen) atoms. The highest BCUT2D eigenvalue weighted by Gasteiger charge is 2.06. The normalized spacial score (nSPS) is 9.68. The molecule has 0 radical (unpaired) electrons. The van der Waals surface area contributed by atoms with Crippen LogP contribution in [0.15, 0.2) is 24.3 Å². The molecule has 98 valence electrons. The molecule has 0 saturated heterocycles. The number of hydrazine groups is 1. The lowest BCUT2D eigenvalue weighted by atomic mass is 10.1. The molecule has 0 spiro atoms. The van der Waals surface area contributed by atoms with E-state index in [2.05, 4.69) is 5.43 Å². The van der Waals surface area contributed by atoms with Crippen LogP contribution in [0.25, 0.3) is 0 Å². The van der Waals surface area contributed by atoms with Crippen molar-refractivity contribution in [3.05, 3.63) is 35.4 Å². The van der Waals surface area contributed by atoms with Crippen molar-refractivity contribution >= 4 is 5.91 Å². The number of benzene rings is 1. The quantitative estimate of drug-likeness (QED) is 0.324. The summed E-state index contributed by atoms with van der Waals surface area (Å²) in [6.07, 6.45) is 0.233. The van der Waals surface area contributed by atoms with Crippen LogP contribution in [-0.4, -0.2) is 23.9 Å². The van der Waals surface area contributed by atoms with Gasteiger partial charge in [0.25, 0.3) is 0 Å². The van der Waals surface area contributed by atoms with E-state index in [4.69, 9.17) is 16.4 Å². The summed E-state index contributed by atoms with van der Waals surface area (Å²) in [5.41, 5.74) is 3.92. The van der Waals surface area contributed by atoms with Gasteiger partial charge in [-0.05, 0) is 11.1 Å². The fourth-order valence-corrected chi connectivity index (χ4v) is 1.62. The number of hydrogen-bond donors (Lipinski definition) is 2. The highest BCUT2D eigenvalue weighted by atomic mass is 16.2. The maximum atomic E-state index is 11.1. The van der Waals surface area contributed by atoms with Crippen LogP contribution in [0.3, 0.4) is 0 Å². The maximum absolute atomic E-state index is 11.1. The van der Waals surface area contributed by atoms with Gasteiger partial charge in [-0.15, -0.1) is 0 Å². The average Bonchev–Trinajstić information content (AvgIpc) is 2.41. The predicted octanol–water partition coefficient (Wildman–Crippen LogP) is 0.0682. The van der Waals surface area contributed by atoms with Gasteiger partial charge in [0.1, 0.15) is 0 Å². The Hall–Kier alpha value is -2.41. The molecule has 3 N–H and O–H groups in total. The highest BCUT2D eigenvalue weighted by molar-refractivity contribution is 5.77. The molecule has 0 heterocycles. The Labute approximate surface area is 112 Å². The Morgan fingerprint density at radius 2 is 1.68 bits per heavy atom. The lowest BCUT2D eigenvalue weighted by Crippen LogP contribution is -2.31. The average molecular weight is 257 g/mol. The number of hydrogen-bond acceptors (Lipinski definition) is 5. The number of carbonyl (C=O) groups excluding carboxylic acids is 1. The van der Waals surface area contributed by atoms with Crippen LogP contribution in [0.2, 0.25) is 0 Å². The van der Waals surface area contributed by atoms with E-state index in [1.807, 2.05) is 36.4 Å². The summed E-state index contributed by atoms with van der Waals surface area (Å²) in [4.78, 5) is 12.8. The highest BCUT2D eigenvalue weighted by Crippen LogP contribution is 2.08. The second-order valence-electron chi connectivity index (χ2n) is 4.02. The molecule has 1 aromatic carbocycles. The minimum absolute atomic E-state index is 0.213. The monoisotopic (exact) mass is 257 g/mol. The minimum Gasteiger partial charge on any atom is -0.294 e. The minimum atomic E-state index is -0.247. The summed E-state index contributed by atoms with van der Waals surface area (Å²) < 4.78 is 0. The predicted molar refractivity (Wildman–Crippen MR) is 69.0 cm³/mol. The summed E-state index contributed by atoms with van der Waals surface area (Å²) in [6.45, 7) is 0.959. The number of amides is 1. The largest absolute Gasteiger partial charge is 0.294 e. The van der Waals surface area contributed by atoms with Crippen LogP contribution in [-0.2, 0) is 17.8 Å². The Bertz CT molecular complexity index is 481. The first-order valence-electron chi connectivity index (χ1n) is 5.73. The van der Waals surface area contributed by atoms with Crippen LogP contribution in [0.4, 0.5) is 0 Å². The SMILES string of the molecule is N#CCN(CC#N)Cc1ccc(CC(=O)NN)cc1. The van der Waals surface area contributed by atoms with Crippen LogP contribution in [0.1, 0.15) is 11.1 Å². The van der Waals surface area contributed by atoms with Gasteiger partial charge < -0.3 is 0 Å². The molecule has 1 rings (SSSR count). The van der Waals surface area contributed by atoms with E-state index >= 15 is 0 Å². The van der Waals surface area contributed by atoms with Gasteiger partial charge in [-0.25, -0.2) is 5.84 Å². The maximum Gasteiger partial charge on any atom is 0.238 e. The van der Waals surface area contributed by atoms with E-state index in [-0.39, 0.29) is 25.4 Å². The van der Waals surface area contributed by atoms with Crippen molar-refractivity contribution in [1.82, 2.24) is 10.3 Å². The smallest absolute Gasteiger partial charge is 0.238 e. The summed E-state index contributed by atoms with van der Waals surface area (Å²) >= 11 is 0. The number of nitrogens with one attached hydrogen (secondary N) is 1. The van der Waals surface area contributed by atoms with Crippen molar-refractivity contribution in [2.24, 2.45) is 5.84 Å². The molecular formula is C13H15N5O. The number of nitriles is 2. The van der Waals surface area contributed by atoms with Crippen molar-refractivity contribution in [2.45, 2.75) is 13.0 Å². The Kier molecular flexibility index (Phi) is 6.04. The summed E-state index contributed by atoms with van der Waals surface area (Å²) in [5.74, 6) is 4.77. The molecule has 0 aromatic heterocycles. The molecule has 0 aliphatic rings. The van der Waals surface area contributed by atoms with Crippen molar-refractivity contribution in [2.75, 3.05) is 13.1 Å². The molecule has 0 bridgehead atoms. The first-order valence-corrected chi connectivity index (χ1v) is 5.73. The van der Waals surface area contributed by atoms with Gasteiger partial charge in [0.15, 0.2) is 0 Å². The van der Waals surface area contributed by atoms with E-state index in [0.29, 0.717) is 6.54 Å². The van der Waals surface area contributed by atoms with Crippen molar-refractivity contribution < 1.29 is 4.79 Å². The molecule has 1 amide bonds. The third kappa shape index (κ3) is 5.17. The van der Waals surface area contributed by atoms with E-state index in [9.17, 15) is 4.79 Å². The summed E-state index contributed by atoms with van der Waals surface area (Å²) in [5, 5.41) is 17.3. The number of carbonyl (C=O) groups is 1. The fourth-order valence-electron chi connectivity index (χ4n) is 1.62. The van der Waals surface area contributed by atoms with E-state index < -0.39 is 0 Å². The summed E-state index contributed by atoms with van der Waals surface area (Å²) in [7, 11) is 0. The molecule has 0 unspecified atom stereocenters. The van der Waals surface area contributed by atoms with Gasteiger partial charge in [0.05, 0.1) is 31.6 Å². The Morgan fingerprint density at radius 3 is 2.16 bits per heavy atom. The van der Waals surface area contributed by atoms with Crippen molar-refractivity contribution in [1.29, 1.82) is 10.5 Å². The molecule has 6 heteroatoms. The van der Waals surface area contributed by atoms with Gasteiger partial charge in [-0.1, -0.05) is 24.3 Å². The molecule has 1 aromatic rings. The second-order valence-corrected chi connectivity index (χ2v) is 4.02. The van der Waals surface area contributed by atoms with Crippen LogP contribution >= 0.6 is 0 Å². The molecule has 0 atom stereocenters. The number of nitrogens with two attached hydrogens (primary N) is 1. The third-order valence-corrected chi connectivity index (χ3v) is 2.54. The van der Waals surface area contributed by atoms with Crippen molar-refractivity contribution in [3.63, 3.8) is 0 Å². The first-order chi connectivity index (χ1) is 9.19. The van der Waals surface area contributed by atoms with Gasteiger partial charge in [-0.2, -0.15) is 10.5 Å². The Balaban J connectivity index is 2.63. The van der Waals surface area contributed by atoms with Crippen molar-refractivity contribution in [3.8, 4) is 12.1 Å². The van der Waals surface area contributed by atoms with Crippen LogP contribution < -0.4 is 11.3 Å². The molecule has 0 aliphatic heterocycles. The lowest BCUT2D eigenvalue weighted by molar-refractivity contribution is -0.120. The van der Waals surface area contributed by atoms with Gasteiger partial charge in [0, 0.05) is 6.54 Å². The second kappa shape index (κ2) is 7.83. The van der Waals surface area contributed by atoms with Crippen LogP contribution in [0.5, 0.6) is 0 Å². The van der Waals surface area contributed by atoms with E-state index in [1.165, 1.54) is 0 Å². The van der Waals surface area contributed by atoms with Crippen LogP contribution in [0, 0.1) is 22.7 Å². The molecular weight excluding hydrogens is 242 g/mol. The molecule has 0 saturated carbocycles. The number of rotatable bonds is 6. The van der Waals surface area contributed by atoms with Gasteiger partial charge in [0.2, 0.25) is 5.91 Å². The standard InChI is InChI=1S/C13H15N5O/c14-5-7-18(8-6-15)10-12-3-1-11(2-4-12)9-13(19)17-16/h1-4H,7-10,16H2,(H,17,19). The lowest BCUT2D eigenvalue weighted by Gasteiger charge is -2.15. The van der Waals surface area contributed by atoms with E-state index in [1.54, 1.807) is 4.90 Å². The van der Waals surface area contributed by atoms with Gasteiger partial charge in [-0.3, -0.25) is 15.1 Å². The first kappa shape index (κ1) is 14.7. The molecule has 0 fully saturated rings. The zero-order valence-electron chi connectivity index (χ0n) is 10.5. The zero-order chi connectivity index (χ0) is 14.1. The summed E-state index contributed by atoms with van der Waals surface area (Å²) in [6, 6.07) is 11.5. The topological polar surface area (TPSA) is 106 Å². The fraction of sp³-hybridized carbons (Fsp3) is 0.308.